The number of hydrogen-bond acceptors (Lipinski definition) is 2. The van der Waals surface area contributed by atoms with E-state index in [1.54, 1.807) is 23.5 Å². The summed E-state index contributed by atoms with van der Waals surface area (Å²) in [6.07, 6.45) is 0. The SMILES string of the molecule is CN(Cc1cccc(F)c1)Cc1ccc(Br)s1. The van der Waals surface area contributed by atoms with E-state index in [-0.39, 0.29) is 5.82 Å². The standard InChI is InChI=1S/C13H13BrFNS/c1-16(9-12-5-6-13(14)17-12)8-10-3-2-4-11(15)7-10/h2-7H,8-9H2,1H3. The van der Waals surface area contributed by atoms with E-state index in [9.17, 15) is 4.39 Å². The van der Waals surface area contributed by atoms with Crippen LogP contribution in [-0.4, -0.2) is 11.9 Å². The highest BCUT2D eigenvalue weighted by molar-refractivity contribution is 9.11. The van der Waals surface area contributed by atoms with Gasteiger partial charge in [0.1, 0.15) is 5.82 Å². The molecule has 0 N–H and O–H groups in total. The largest absolute Gasteiger partial charge is 0.297 e. The van der Waals surface area contributed by atoms with Crippen LogP contribution in [0.3, 0.4) is 0 Å². The number of nitrogens with zero attached hydrogens (tertiary/aromatic N) is 1. The van der Waals surface area contributed by atoms with Gasteiger partial charge in [-0.2, -0.15) is 0 Å². The van der Waals surface area contributed by atoms with Gasteiger partial charge < -0.3 is 0 Å². The van der Waals surface area contributed by atoms with Crippen LogP contribution < -0.4 is 0 Å². The second kappa shape index (κ2) is 5.76. The summed E-state index contributed by atoms with van der Waals surface area (Å²) >= 11 is 5.18. The average Bonchev–Trinajstić information content (AvgIpc) is 2.63. The Morgan fingerprint density at radius 1 is 1.24 bits per heavy atom. The molecule has 90 valence electrons. The lowest BCUT2D eigenvalue weighted by Crippen LogP contribution is -2.16. The average molecular weight is 314 g/mol. The van der Waals surface area contributed by atoms with E-state index in [0.717, 1.165) is 22.4 Å². The first-order valence-corrected chi connectivity index (χ1v) is 6.91. The third-order valence-corrected chi connectivity index (χ3v) is 4.00. The van der Waals surface area contributed by atoms with E-state index in [2.05, 4.69) is 33.0 Å². The zero-order valence-electron chi connectivity index (χ0n) is 9.49. The lowest BCUT2D eigenvalue weighted by atomic mass is 10.2. The Bertz CT molecular complexity index is 498. The van der Waals surface area contributed by atoms with Crippen molar-refractivity contribution < 1.29 is 4.39 Å². The molecule has 1 aromatic carbocycles. The summed E-state index contributed by atoms with van der Waals surface area (Å²) in [5.41, 5.74) is 1.00. The Hall–Kier alpha value is -0.710. The summed E-state index contributed by atoms with van der Waals surface area (Å²) in [6.45, 7) is 1.64. The van der Waals surface area contributed by atoms with Crippen molar-refractivity contribution >= 4 is 27.3 Å². The molecule has 0 spiro atoms. The molecule has 0 aliphatic heterocycles. The van der Waals surface area contributed by atoms with E-state index < -0.39 is 0 Å². The number of benzene rings is 1. The smallest absolute Gasteiger partial charge is 0.123 e. The molecule has 4 heteroatoms. The van der Waals surface area contributed by atoms with Gasteiger partial charge in [0.05, 0.1) is 3.79 Å². The van der Waals surface area contributed by atoms with Gasteiger partial charge in [-0.15, -0.1) is 11.3 Å². The first-order chi connectivity index (χ1) is 8.13. The topological polar surface area (TPSA) is 3.24 Å². The fourth-order valence-electron chi connectivity index (χ4n) is 1.71. The molecule has 0 unspecified atom stereocenters. The molecule has 0 saturated carbocycles. The van der Waals surface area contributed by atoms with Gasteiger partial charge in [-0.05, 0) is 52.8 Å². The summed E-state index contributed by atoms with van der Waals surface area (Å²) in [6, 6.07) is 10.9. The van der Waals surface area contributed by atoms with Crippen molar-refractivity contribution in [2.75, 3.05) is 7.05 Å². The van der Waals surface area contributed by atoms with Crippen LogP contribution in [0.1, 0.15) is 10.4 Å². The van der Waals surface area contributed by atoms with E-state index in [1.807, 2.05) is 13.1 Å². The van der Waals surface area contributed by atoms with E-state index >= 15 is 0 Å². The Labute approximate surface area is 113 Å². The molecule has 0 atom stereocenters. The van der Waals surface area contributed by atoms with Crippen molar-refractivity contribution in [2.45, 2.75) is 13.1 Å². The molecule has 0 aliphatic rings. The lowest BCUT2D eigenvalue weighted by Gasteiger charge is -2.15. The van der Waals surface area contributed by atoms with Crippen LogP contribution in [0.25, 0.3) is 0 Å². The molecule has 0 amide bonds. The van der Waals surface area contributed by atoms with E-state index in [1.165, 1.54) is 10.9 Å². The molecule has 2 rings (SSSR count). The molecule has 0 bridgehead atoms. The number of halogens is 2. The van der Waals surface area contributed by atoms with Crippen molar-refractivity contribution in [2.24, 2.45) is 0 Å². The molecular weight excluding hydrogens is 301 g/mol. The maximum atomic E-state index is 13.0. The van der Waals surface area contributed by atoms with Crippen molar-refractivity contribution in [1.82, 2.24) is 4.90 Å². The van der Waals surface area contributed by atoms with Crippen molar-refractivity contribution in [1.29, 1.82) is 0 Å². The van der Waals surface area contributed by atoms with Gasteiger partial charge in [0.2, 0.25) is 0 Å². The van der Waals surface area contributed by atoms with Crippen molar-refractivity contribution in [3.05, 3.63) is 56.4 Å². The highest BCUT2D eigenvalue weighted by Gasteiger charge is 2.04. The maximum Gasteiger partial charge on any atom is 0.123 e. The van der Waals surface area contributed by atoms with Gasteiger partial charge in [-0.1, -0.05) is 12.1 Å². The van der Waals surface area contributed by atoms with E-state index in [0.29, 0.717) is 0 Å². The van der Waals surface area contributed by atoms with Gasteiger partial charge in [0, 0.05) is 18.0 Å². The third kappa shape index (κ3) is 3.91. The highest BCUT2D eigenvalue weighted by Crippen LogP contribution is 2.23. The minimum atomic E-state index is -0.172. The zero-order valence-corrected chi connectivity index (χ0v) is 11.9. The van der Waals surface area contributed by atoms with Crippen LogP contribution in [0.5, 0.6) is 0 Å². The van der Waals surface area contributed by atoms with E-state index in [4.69, 9.17) is 0 Å². The minimum Gasteiger partial charge on any atom is -0.297 e. The van der Waals surface area contributed by atoms with Gasteiger partial charge in [0.15, 0.2) is 0 Å². The molecule has 0 aliphatic carbocycles. The van der Waals surface area contributed by atoms with Crippen LogP contribution >= 0.6 is 27.3 Å². The summed E-state index contributed by atoms with van der Waals surface area (Å²) in [5.74, 6) is -0.172. The summed E-state index contributed by atoms with van der Waals surface area (Å²) < 4.78 is 14.2. The Morgan fingerprint density at radius 3 is 2.71 bits per heavy atom. The maximum absolute atomic E-state index is 13.0. The molecule has 0 radical (unpaired) electrons. The Morgan fingerprint density at radius 2 is 2.06 bits per heavy atom. The third-order valence-electron chi connectivity index (χ3n) is 2.40. The quantitative estimate of drug-likeness (QED) is 0.814. The first kappa shape index (κ1) is 12.7. The lowest BCUT2D eigenvalue weighted by molar-refractivity contribution is 0.321. The monoisotopic (exact) mass is 313 g/mol. The predicted molar refractivity (Wildman–Crippen MR) is 73.6 cm³/mol. The van der Waals surface area contributed by atoms with Crippen LogP contribution in [-0.2, 0) is 13.1 Å². The fourth-order valence-corrected chi connectivity index (χ4v) is 3.27. The molecule has 1 aromatic heterocycles. The van der Waals surface area contributed by atoms with Crippen molar-refractivity contribution in [3.63, 3.8) is 0 Å². The normalized spacial score (nSPS) is 11.1. The fraction of sp³-hybridized carbons (Fsp3) is 0.231. The van der Waals surface area contributed by atoms with Crippen LogP contribution in [0.15, 0.2) is 40.2 Å². The molecule has 0 saturated heterocycles. The highest BCUT2D eigenvalue weighted by atomic mass is 79.9. The first-order valence-electron chi connectivity index (χ1n) is 5.31. The molecular formula is C13H13BrFNS. The zero-order chi connectivity index (χ0) is 12.3. The molecule has 1 heterocycles. The Balaban J connectivity index is 1.95. The minimum absolute atomic E-state index is 0.172. The molecule has 2 aromatic rings. The van der Waals surface area contributed by atoms with Gasteiger partial charge >= 0.3 is 0 Å². The van der Waals surface area contributed by atoms with Crippen LogP contribution in [0.2, 0.25) is 0 Å². The van der Waals surface area contributed by atoms with Crippen LogP contribution in [0, 0.1) is 5.82 Å². The van der Waals surface area contributed by atoms with Gasteiger partial charge in [-0.3, -0.25) is 4.90 Å². The second-order valence-corrected chi connectivity index (χ2v) is 6.56. The molecule has 1 nitrogen and oxygen atoms in total. The van der Waals surface area contributed by atoms with Crippen LogP contribution in [0.4, 0.5) is 4.39 Å². The predicted octanol–water partition coefficient (Wildman–Crippen LogP) is 4.28. The van der Waals surface area contributed by atoms with Crippen molar-refractivity contribution in [3.8, 4) is 0 Å². The summed E-state index contributed by atoms with van der Waals surface area (Å²) in [4.78, 5) is 3.48. The number of thiophene rings is 1. The Kier molecular flexibility index (Phi) is 4.31. The number of rotatable bonds is 4. The molecule has 17 heavy (non-hydrogen) atoms. The second-order valence-electron chi connectivity index (χ2n) is 4.01. The number of hydrogen-bond donors (Lipinski definition) is 0. The van der Waals surface area contributed by atoms with Gasteiger partial charge in [0.25, 0.3) is 0 Å². The molecule has 0 fully saturated rings. The summed E-state index contributed by atoms with van der Waals surface area (Å²) in [7, 11) is 2.04. The van der Waals surface area contributed by atoms with Gasteiger partial charge in [-0.25, -0.2) is 4.39 Å². The summed E-state index contributed by atoms with van der Waals surface area (Å²) in [5, 5.41) is 0.